The van der Waals surface area contributed by atoms with Gasteiger partial charge in [0.25, 0.3) is 0 Å². The minimum Gasteiger partial charge on any atom is -0.463 e. The van der Waals surface area contributed by atoms with Crippen molar-refractivity contribution in [3.63, 3.8) is 0 Å². The van der Waals surface area contributed by atoms with E-state index in [1.54, 1.807) is 47.5 Å². The summed E-state index contributed by atoms with van der Waals surface area (Å²) in [7, 11) is 13.7. The van der Waals surface area contributed by atoms with Gasteiger partial charge in [-0.3, -0.25) is 0 Å². The van der Waals surface area contributed by atoms with Crippen LogP contribution in [0.4, 0.5) is 35.7 Å². The lowest BCUT2D eigenvalue weighted by atomic mass is 10.3. The maximum Gasteiger partial charge on any atom is 0.242 e. The zero-order valence-corrected chi connectivity index (χ0v) is 67.1. The predicted octanol–water partition coefficient (Wildman–Crippen LogP) is 16.6. The number of imidazole rings is 7. The Morgan fingerprint density at radius 1 is 0.339 bits per heavy atom. The molecule has 0 atom stereocenters. The monoisotopic (exact) mass is 1570 g/mol. The van der Waals surface area contributed by atoms with Crippen molar-refractivity contribution in [1.29, 1.82) is 0 Å². The second-order valence-electron chi connectivity index (χ2n) is 25.8. The number of benzene rings is 6. The van der Waals surface area contributed by atoms with Crippen molar-refractivity contribution < 1.29 is 8.83 Å². The average molecular weight is 1570 g/mol. The third kappa shape index (κ3) is 19.0. The zero-order chi connectivity index (χ0) is 80.3. The summed E-state index contributed by atoms with van der Waals surface area (Å²) in [5.74, 6) is 6.34. The van der Waals surface area contributed by atoms with Gasteiger partial charge in [-0.1, -0.05) is 78.9 Å². The summed E-state index contributed by atoms with van der Waals surface area (Å²) < 4.78 is 24.2. The number of rotatable bonds is 18. The lowest BCUT2D eigenvalue weighted by Gasteiger charge is -2.03. The molecule has 18 aromatic rings. The summed E-state index contributed by atoms with van der Waals surface area (Å²) in [5.41, 5.74) is 36.0. The molecule has 0 amide bonds. The molecule has 0 aliphatic rings. The van der Waals surface area contributed by atoms with Gasteiger partial charge in [-0.2, -0.15) is 30.6 Å². The Labute approximate surface area is 669 Å². The average Bonchev–Trinajstić information content (AvgIpc) is 1.70. The van der Waals surface area contributed by atoms with Crippen LogP contribution < -0.4 is 32.6 Å². The molecule has 0 saturated heterocycles. The van der Waals surface area contributed by atoms with E-state index in [4.69, 9.17) is 8.83 Å². The highest BCUT2D eigenvalue weighted by atomic mass is 32.1. The van der Waals surface area contributed by atoms with Crippen molar-refractivity contribution in [1.82, 2.24) is 81.8 Å². The fourth-order valence-corrected chi connectivity index (χ4v) is 12.9. The number of nitrogens with zero attached hydrogens (tertiary/aromatic N) is 22. The number of aromatic amines is 1. The maximum atomic E-state index is 5.27. The number of hydrogen-bond acceptors (Lipinski definition) is 25. The smallest absolute Gasteiger partial charge is 0.242 e. The zero-order valence-electron chi connectivity index (χ0n) is 65.5. The van der Waals surface area contributed by atoms with Gasteiger partial charge in [0.05, 0.1) is 101 Å². The van der Waals surface area contributed by atoms with Crippen molar-refractivity contribution in [2.75, 3.05) is 32.6 Å². The van der Waals surface area contributed by atoms with E-state index in [1.807, 2.05) is 322 Å². The van der Waals surface area contributed by atoms with E-state index in [-0.39, 0.29) is 0 Å². The van der Waals surface area contributed by atoms with Crippen LogP contribution in [-0.4, -0.2) is 116 Å². The molecule has 12 heterocycles. The van der Waals surface area contributed by atoms with Crippen molar-refractivity contribution in [3.8, 4) is 0 Å². The number of oxazole rings is 1. The number of para-hydroxylation sites is 12. The molecule has 115 heavy (non-hydrogen) atoms. The highest BCUT2D eigenvalue weighted by molar-refractivity contribution is 7.12. The molecule has 0 aliphatic carbocycles. The molecule has 0 aliphatic heterocycles. The Bertz CT molecular complexity index is 5670. The van der Waals surface area contributed by atoms with Crippen LogP contribution in [0.25, 0.3) is 66.2 Å². The summed E-state index contributed by atoms with van der Waals surface area (Å²) in [6, 6.07) is 59.6. The normalized spacial score (nSPS) is 12.0. The van der Waals surface area contributed by atoms with Crippen LogP contribution in [0.3, 0.4) is 0 Å². The molecule has 0 bridgehead atoms. The molecule has 6 aromatic carbocycles. The fraction of sp³-hybridized carbons (Fsp3) is 0.159. The number of aromatic nitrogens is 17. The summed E-state index contributed by atoms with van der Waals surface area (Å²) in [4.78, 5) is 43.7. The van der Waals surface area contributed by atoms with Crippen LogP contribution in [0.15, 0.2) is 276 Å². The topological polar surface area (TPSA) is 339 Å². The van der Waals surface area contributed by atoms with Gasteiger partial charge in [-0.15, -0.1) is 22.7 Å². The van der Waals surface area contributed by atoms with Gasteiger partial charge in [0, 0.05) is 84.4 Å². The highest BCUT2D eigenvalue weighted by Gasteiger charge is 2.14. The van der Waals surface area contributed by atoms with E-state index in [0.717, 1.165) is 140 Å². The lowest BCUT2D eigenvalue weighted by molar-refractivity contribution is 0.546. The second-order valence-corrected chi connectivity index (χ2v) is 27.7. The summed E-state index contributed by atoms with van der Waals surface area (Å²) in [6.07, 6.45) is 12.0. The molecule has 0 unspecified atom stereocenters. The number of anilines is 6. The van der Waals surface area contributed by atoms with Gasteiger partial charge >= 0.3 is 0 Å². The molecule has 33 heteroatoms. The summed E-state index contributed by atoms with van der Waals surface area (Å²) in [5, 5.41) is 30.8. The van der Waals surface area contributed by atoms with E-state index in [9.17, 15) is 0 Å². The Hall–Kier alpha value is -14.7. The fourth-order valence-electron chi connectivity index (χ4n) is 11.6. The quantitative estimate of drug-likeness (QED) is 0.0310. The number of nitrogens with one attached hydrogen (secondary N) is 7. The van der Waals surface area contributed by atoms with Gasteiger partial charge in [0.15, 0.2) is 5.82 Å². The first-order chi connectivity index (χ1) is 55.9. The maximum absolute atomic E-state index is 5.27. The number of fused-ring (bicyclic) bond motifs is 6. The van der Waals surface area contributed by atoms with Gasteiger partial charge < -0.3 is 45.8 Å². The van der Waals surface area contributed by atoms with Crippen molar-refractivity contribution >= 4 is 159 Å². The first-order valence-corrected chi connectivity index (χ1v) is 38.0. The van der Waals surface area contributed by atoms with Crippen LogP contribution in [0.2, 0.25) is 0 Å². The van der Waals surface area contributed by atoms with Crippen LogP contribution in [-0.2, 0) is 49.3 Å². The Kier molecular flexibility index (Phi) is 25.1. The van der Waals surface area contributed by atoms with Crippen LogP contribution in [0, 0.1) is 0 Å². The molecule has 0 spiro atoms. The number of furan rings is 1. The first kappa shape index (κ1) is 78.4. The predicted molar refractivity (Wildman–Crippen MR) is 465 cm³/mol. The number of H-pyrrole nitrogens is 1. The number of hydrogen-bond donors (Lipinski definition) is 7. The van der Waals surface area contributed by atoms with Gasteiger partial charge in [-0.05, 0) is 150 Å². The molecule has 0 radical (unpaired) electrons. The lowest BCUT2D eigenvalue weighted by Crippen LogP contribution is -2.08. The van der Waals surface area contributed by atoms with Gasteiger partial charge in [0.1, 0.15) is 34.2 Å². The number of thiazole rings is 1. The minimum absolute atomic E-state index is 0.492. The molecule has 0 fully saturated rings. The van der Waals surface area contributed by atoms with Crippen LogP contribution in [0.1, 0.15) is 74.6 Å². The van der Waals surface area contributed by atoms with Gasteiger partial charge in [0.2, 0.25) is 41.6 Å². The molecule has 31 nitrogen and oxygen atoms in total. The third-order valence-corrected chi connectivity index (χ3v) is 19.9. The molecule has 0 saturated carbocycles. The van der Waals surface area contributed by atoms with Crippen LogP contribution in [0.5, 0.6) is 0 Å². The standard InChI is InChI=1S/C14H16N6.C14H15N5.C14H14N4O.C14H14N4S.C13H13N5O.C13H13N5S/c1-10(13-15-8-9-19(13)2)17-18-14-16-11-6-4-5-7-12(11)20(14)3;1-10(11-7-5-9-15-11)17-18-14-16-12-6-3-4-8-13(12)19(14)2;2*1-10(13-8-5-9-19-13)16-17-14-15-11-6-3-4-7-12(11)18(14)2;2*1-9(12-14-7-8-19-12)16-17-13-15-10-5-3-4-6-11(10)18(13)2/h4-9H,1-3H3,(H,16,18);3-9,15H,1-2H3,(H,16,18);2*3-9H,1-2H3,(H,15,17);2*3-8H,1-2H3,(H,15,17)/b2*17-10+;2*16-10+;2*16-9+. The number of aryl methyl sites for hydroxylation is 7. The van der Waals surface area contributed by atoms with Crippen LogP contribution >= 0.6 is 22.7 Å². The van der Waals surface area contributed by atoms with Crippen molar-refractivity contribution in [2.45, 2.75) is 41.5 Å². The Balaban J connectivity index is 0.000000120. The SMILES string of the molecule is C/C(=N\Nc1nc2ccccc2n1C)c1ccc[nH]1.C/C(=N\Nc1nc2ccccc2n1C)c1ccco1.C/C(=N\Nc1nc2ccccc2n1C)c1cccs1.C/C(=N\Nc1nc2ccccc2n1C)c1nccn1C.C/C(=N\Nc1nc2ccccc2n1C)c1ncco1.C/C(=N\Nc1nc2ccccc2n1C)c1nccs1. The molecular weight excluding hydrogens is 1490 g/mol. The number of hydrazone groups is 6. The van der Waals surface area contributed by atoms with E-state index in [0.29, 0.717) is 29.4 Å². The molecule has 582 valence electrons. The second kappa shape index (κ2) is 36.9. The summed E-state index contributed by atoms with van der Waals surface area (Å²) >= 11 is 3.24. The largest absolute Gasteiger partial charge is 0.463 e. The minimum atomic E-state index is 0.492. The van der Waals surface area contributed by atoms with Gasteiger partial charge in [-0.25, -0.2) is 77.4 Å². The van der Waals surface area contributed by atoms with Crippen molar-refractivity contribution in [3.05, 3.63) is 269 Å². The first-order valence-electron chi connectivity index (χ1n) is 36.2. The highest BCUT2D eigenvalue weighted by Crippen LogP contribution is 2.24. The van der Waals surface area contributed by atoms with E-state index in [1.165, 1.54) is 6.26 Å². The number of thiophene rings is 1. The Morgan fingerprint density at radius 2 is 0.739 bits per heavy atom. The summed E-state index contributed by atoms with van der Waals surface area (Å²) in [6.45, 7) is 11.5. The van der Waals surface area contributed by atoms with E-state index in [2.05, 4.69) is 119 Å². The Morgan fingerprint density at radius 3 is 1.08 bits per heavy atom. The molecule has 12 aromatic heterocycles. The van der Waals surface area contributed by atoms with Crippen molar-refractivity contribution in [2.24, 2.45) is 79.9 Å². The van der Waals surface area contributed by atoms with E-state index >= 15 is 0 Å². The molecular formula is C82H85N29O2S2. The molecule has 7 N–H and O–H groups in total. The molecule has 18 rings (SSSR count). The third-order valence-electron chi connectivity index (χ3n) is 18.0. The van der Waals surface area contributed by atoms with E-state index < -0.39 is 0 Å².